The van der Waals surface area contributed by atoms with Gasteiger partial charge in [0.2, 0.25) is 5.91 Å². The van der Waals surface area contributed by atoms with Gasteiger partial charge in [0, 0.05) is 18.0 Å². The predicted octanol–water partition coefficient (Wildman–Crippen LogP) is 5.42. The lowest BCUT2D eigenvalue weighted by molar-refractivity contribution is -0.137. The number of piperidine rings is 1. The summed E-state index contributed by atoms with van der Waals surface area (Å²) in [4.78, 5) is 31.0. The number of carbonyl (C=O) groups is 2. The van der Waals surface area contributed by atoms with Gasteiger partial charge in [0.05, 0.1) is 16.2 Å². The highest BCUT2D eigenvalue weighted by atomic mass is 32.2. The van der Waals surface area contributed by atoms with Crippen LogP contribution in [0.3, 0.4) is 0 Å². The summed E-state index contributed by atoms with van der Waals surface area (Å²) < 4.78 is 38.6. The van der Waals surface area contributed by atoms with Crippen molar-refractivity contribution < 1.29 is 22.8 Å². The van der Waals surface area contributed by atoms with E-state index in [4.69, 9.17) is 0 Å². The summed E-state index contributed by atoms with van der Waals surface area (Å²) in [5.41, 5.74) is 0.384. The number of halogens is 3. The maximum atomic E-state index is 13.3. The molecule has 2 heterocycles. The Bertz CT molecular complexity index is 1120. The van der Waals surface area contributed by atoms with Crippen LogP contribution in [0.2, 0.25) is 0 Å². The van der Waals surface area contributed by atoms with E-state index in [2.05, 4.69) is 17.1 Å². The average Bonchev–Trinajstić information content (AvgIpc) is 2.84. The molecule has 5 nitrogen and oxygen atoms in total. The normalized spacial score (nSPS) is 19.9. The Morgan fingerprint density at radius 3 is 2.64 bits per heavy atom. The van der Waals surface area contributed by atoms with Crippen LogP contribution in [-0.4, -0.2) is 49.4 Å². The Balaban J connectivity index is 1.40. The van der Waals surface area contributed by atoms with Crippen molar-refractivity contribution >= 4 is 35.3 Å². The first kappa shape index (κ1) is 26.3. The minimum absolute atomic E-state index is 0.124. The fraction of sp³-hybridized carbons (Fsp3) is 0.407. The van der Waals surface area contributed by atoms with Crippen LogP contribution in [0.25, 0.3) is 6.08 Å². The number of hydrogen-bond acceptors (Lipinski definition) is 4. The molecule has 1 N–H and O–H groups in total. The van der Waals surface area contributed by atoms with E-state index in [0.717, 1.165) is 43.1 Å². The number of carbonyl (C=O) groups excluding carboxylic acids is 2. The Morgan fingerprint density at radius 1 is 1.17 bits per heavy atom. The number of likely N-dealkylation sites (tertiary alicyclic amines) is 1. The highest BCUT2D eigenvalue weighted by molar-refractivity contribution is 8.04. The van der Waals surface area contributed by atoms with Crippen LogP contribution in [0.5, 0.6) is 0 Å². The van der Waals surface area contributed by atoms with Crippen LogP contribution in [0.4, 0.5) is 18.9 Å². The van der Waals surface area contributed by atoms with Gasteiger partial charge in [0.1, 0.15) is 6.54 Å². The molecule has 9 heteroatoms. The first-order valence-electron chi connectivity index (χ1n) is 12.2. The van der Waals surface area contributed by atoms with E-state index >= 15 is 0 Å². The van der Waals surface area contributed by atoms with Crippen molar-refractivity contribution in [2.75, 3.05) is 37.6 Å². The molecular weight excluding hydrogens is 487 g/mol. The number of thioether (sulfide) groups is 1. The monoisotopic (exact) mass is 517 g/mol. The zero-order valence-electron chi connectivity index (χ0n) is 20.2. The summed E-state index contributed by atoms with van der Waals surface area (Å²) in [7, 11) is 0. The molecule has 0 spiro atoms. The van der Waals surface area contributed by atoms with Crippen LogP contribution in [-0.2, 0) is 15.8 Å². The Hall–Kier alpha value is -2.78. The first-order chi connectivity index (χ1) is 17.2. The smallest absolute Gasteiger partial charge is 0.355 e. The zero-order chi connectivity index (χ0) is 25.7. The maximum absolute atomic E-state index is 13.3. The molecule has 2 aliphatic rings. The molecule has 1 unspecified atom stereocenters. The summed E-state index contributed by atoms with van der Waals surface area (Å²) >= 11 is 1.25. The molecule has 1 atom stereocenters. The number of para-hydroxylation sites is 1. The van der Waals surface area contributed by atoms with Crippen LogP contribution >= 0.6 is 11.8 Å². The predicted molar refractivity (Wildman–Crippen MR) is 137 cm³/mol. The van der Waals surface area contributed by atoms with Gasteiger partial charge in [-0.15, -0.1) is 0 Å². The molecule has 0 aliphatic carbocycles. The van der Waals surface area contributed by atoms with E-state index < -0.39 is 11.7 Å². The van der Waals surface area contributed by atoms with Crippen LogP contribution in [0, 0.1) is 5.92 Å². The number of nitrogens with zero attached hydrogens (tertiary/aromatic N) is 2. The molecule has 4 rings (SSSR count). The molecule has 2 aliphatic heterocycles. The van der Waals surface area contributed by atoms with Crippen molar-refractivity contribution in [2.24, 2.45) is 5.92 Å². The Kier molecular flexibility index (Phi) is 8.41. The number of alkyl halides is 3. The summed E-state index contributed by atoms with van der Waals surface area (Å²) in [5.74, 6) is 0.114. The molecule has 2 aromatic rings. The minimum Gasteiger partial charge on any atom is -0.355 e. The van der Waals surface area contributed by atoms with Gasteiger partial charge in [-0.05, 0) is 74.2 Å². The molecule has 0 radical (unpaired) electrons. The quantitative estimate of drug-likeness (QED) is 0.394. The van der Waals surface area contributed by atoms with Gasteiger partial charge in [-0.1, -0.05) is 43.0 Å². The zero-order valence-corrected chi connectivity index (χ0v) is 21.0. The molecular formula is C27H30F3N3O2S. The number of benzene rings is 2. The van der Waals surface area contributed by atoms with Gasteiger partial charge in [0.15, 0.2) is 0 Å². The standard InChI is InChI=1S/C27H30F3N3O2S/c1-19-6-4-14-32(17-19)15-5-13-31-25(34)18-33-22-7-2-3-8-23(22)36-24(26(33)35)16-20-9-11-21(12-10-20)27(28,29)30/h2-3,7-12,16,19H,4-6,13-15,17-18H2,1H3,(H,31,34). The minimum atomic E-state index is -4.42. The van der Waals surface area contributed by atoms with E-state index in [9.17, 15) is 22.8 Å². The molecule has 1 fully saturated rings. The Labute approximate surface area is 213 Å². The molecule has 0 bridgehead atoms. The van der Waals surface area contributed by atoms with Gasteiger partial charge >= 0.3 is 6.18 Å². The van der Waals surface area contributed by atoms with Crippen molar-refractivity contribution in [1.29, 1.82) is 0 Å². The highest BCUT2D eigenvalue weighted by Crippen LogP contribution is 2.42. The second kappa shape index (κ2) is 11.5. The van der Waals surface area contributed by atoms with E-state index in [0.29, 0.717) is 28.6 Å². The maximum Gasteiger partial charge on any atom is 0.416 e. The van der Waals surface area contributed by atoms with Crippen molar-refractivity contribution in [1.82, 2.24) is 10.2 Å². The lowest BCUT2D eigenvalue weighted by Crippen LogP contribution is -2.43. The van der Waals surface area contributed by atoms with Gasteiger partial charge in [-0.3, -0.25) is 14.5 Å². The van der Waals surface area contributed by atoms with Gasteiger partial charge in [-0.25, -0.2) is 0 Å². The number of rotatable bonds is 7. The van der Waals surface area contributed by atoms with Crippen molar-refractivity contribution in [2.45, 2.75) is 37.3 Å². The fourth-order valence-corrected chi connectivity index (χ4v) is 5.62. The SMILES string of the molecule is CC1CCCN(CCCNC(=O)CN2C(=O)C(=Cc3ccc(C(F)(F)F)cc3)Sc3ccccc32)C1. The fourth-order valence-electron chi connectivity index (χ4n) is 4.56. The molecule has 0 saturated carbocycles. The van der Waals surface area contributed by atoms with Gasteiger partial charge in [-0.2, -0.15) is 13.2 Å². The lowest BCUT2D eigenvalue weighted by atomic mass is 10.0. The third-order valence-electron chi connectivity index (χ3n) is 6.38. The number of hydrogen-bond donors (Lipinski definition) is 1. The van der Waals surface area contributed by atoms with Crippen LogP contribution in [0.1, 0.15) is 37.3 Å². The lowest BCUT2D eigenvalue weighted by Gasteiger charge is -2.31. The molecule has 2 amide bonds. The second-order valence-corrected chi connectivity index (χ2v) is 10.4. The van der Waals surface area contributed by atoms with Crippen molar-refractivity contribution in [3.63, 3.8) is 0 Å². The van der Waals surface area contributed by atoms with Gasteiger partial charge < -0.3 is 10.2 Å². The topological polar surface area (TPSA) is 52.7 Å². The summed E-state index contributed by atoms with van der Waals surface area (Å²) in [6.07, 6.45) is 0.471. The number of fused-ring (bicyclic) bond motifs is 1. The summed E-state index contributed by atoms with van der Waals surface area (Å²) in [6, 6.07) is 12.0. The third-order valence-corrected chi connectivity index (χ3v) is 7.46. The number of anilines is 1. The molecule has 192 valence electrons. The van der Waals surface area contributed by atoms with E-state index in [1.54, 1.807) is 12.1 Å². The van der Waals surface area contributed by atoms with E-state index in [1.807, 2.05) is 18.2 Å². The summed E-state index contributed by atoms with van der Waals surface area (Å²) in [6.45, 7) is 5.81. The number of nitrogens with one attached hydrogen (secondary N) is 1. The molecule has 1 saturated heterocycles. The highest BCUT2D eigenvalue weighted by Gasteiger charge is 2.31. The number of amides is 2. The average molecular weight is 518 g/mol. The second-order valence-electron chi connectivity index (χ2n) is 9.34. The van der Waals surface area contributed by atoms with E-state index in [-0.39, 0.29) is 18.4 Å². The third kappa shape index (κ3) is 6.70. The van der Waals surface area contributed by atoms with Crippen molar-refractivity contribution in [3.8, 4) is 0 Å². The van der Waals surface area contributed by atoms with Crippen molar-refractivity contribution in [3.05, 3.63) is 64.6 Å². The first-order valence-corrected chi connectivity index (χ1v) is 13.0. The van der Waals surface area contributed by atoms with Crippen LogP contribution in [0.15, 0.2) is 58.3 Å². The van der Waals surface area contributed by atoms with Gasteiger partial charge in [0.25, 0.3) is 5.91 Å². The Morgan fingerprint density at radius 2 is 1.92 bits per heavy atom. The van der Waals surface area contributed by atoms with E-state index in [1.165, 1.54) is 41.6 Å². The molecule has 2 aromatic carbocycles. The molecule has 0 aromatic heterocycles. The largest absolute Gasteiger partial charge is 0.416 e. The van der Waals surface area contributed by atoms with Crippen LogP contribution < -0.4 is 10.2 Å². The molecule has 36 heavy (non-hydrogen) atoms. The summed E-state index contributed by atoms with van der Waals surface area (Å²) in [5, 5.41) is 2.92.